The number of hydrogen-bond acceptors (Lipinski definition) is 4. The van der Waals surface area contributed by atoms with Crippen LogP contribution < -0.4 is 16.2 Å². The number of thiocarbonyl (C=S) groups is 1. The van der Waals surface area contributed by atoms with Crippen molar-refractivity contribution in [3.63, 3.8) is 0 Å². The van der Waals surface area contributed by atoms with Crippen LogP contribution in [0.15, 0.2) is 24.3 Å². The molecule has 0 bridgehead atoms. The summed E-state index contributed by atoms with van der Waals surface area (Å²) in [5.74, 6) is -0.550. The first-order valence-corrected chi connectivity index (χ1v) is 6.36. The maximum absolute atomic E-state index is 11.8. The van der Waals surface area contributed by atoms with Crippen molar-refractivity contribution in [1.82, 2.24) is 4.90 Å². The molecule has 0 spiro atoms. The lowest BCUT2D eigenvalue weighted by Crippen LogP contribution is -2.34. The second kappa shape index (κ2) is 7.44. The summed E-state index contributed by atoms with van der Waals surface area (Å²) in [7, 11) is 1.63. The summed E-state index contributed by atoms with van der Waals surface area (Å²) >= 11 is 4.74. The topological polar surface area (TPSA) is 98.7 Å². The number of likely N-dealkylation sites (N-methyl/N-ethyl adjacent to an activating group) is 1. The van der Waals surface area contributed by atoms with Crippen molar-refractivity contribution >= 4 is 29.0 Å². The van der Waals surface area contributed by atoms with Crippen LogP contribution in [0.4, 0.5) is 0 Å². The first-order chi connectivity index (χ1) is 9.41. The van der Waals surface area contributed by atoms with E-state index in [0.29, 0.717) is 18.0 Å². The Bertz CT molecular complexity index is 519. The van der Waals surface area contributed by atoms with E-state index in [1.807, 2.05) is 0 Å². The third kappa shape index (κ3) is 4.85. The fourth-order valence-electron chi connectivity index (χ4n) is 1.45. The average molecular weight is 295 g/mol. The molecule has 0 atom stereocenters. The summed E-state index contributed by atoms with van der Waals surface area (Å²) in [5.41, 5.74) is 10.8. The van der Waals surface area contributed by atoms with Gasteiger partial charge in [0.2, 0.25) is 0 Å². The number of ether oxygens (including phenoxy) is 1. The Hall–Kier alpha value is -2.15. The summed E-state index contributed by atoms with van der Waals surface area (Å²) in [6, 6.07) is 6.49. The lowest BCUT2D eigenvalue weighted by Gasteiger charge is -2.17. The number of primary amides is 1. The zero-order valence-corrected chi connectivity index (χ0v) is 12.0. The van der Waals surface area contributed by atoms with E-state index in [1.54, 1.807) is 31.3 Å². The number of para-hydroxylation sites is 1. The molecule has 0 unspecified atom stereocenters. The molecule has 0 aliphatic carbocycles. The fraction of sp³-hybridized carbons (Fsp3) is 0.308. The molecule has 6 nitrogen and oxygen atoms in total. The molecule has 0 fully saturated rings. The lowest BCUT2D eigenvalue weighted by atomic mass is 10.2. The van der Waals surface area contributed by atoms with E-state index in [2.05, 4.69) is 0 Å². The summed E-state index contributed by atoms with van der Waals surface area (Å²) < 4.78 is 5.33. The molecule has 2 amide bonds. The summed E-state index contributed by atoms with van der Waals surface area (Å²) in [4.78, 5) is 24.8. The normalized spacial score (nSPS) is 9.85. The summed E-state index contributed by atoms with van der Waals surface area (Å²) in [5, 5.41) is 0. The minimum Gasteiger partial charge on any atom is -0.483 e. The zero-order valence-electron chi connectivity index (χ0n) is 11.2. The smallest absolute Gasteiger partial charge is 0.260 e. The van der Waals surface area contributed by atoms with Crippen LogP contribution in [0.5, 0.6) is 5.75 Å². The van der Waals surface area contributed by atoms with E-state index in [9.17, 15) is 9.59 Å². The van der Waals surface area contributed by atoms with E-state index in [-0.39, 0.29) is 23.8 Å². The molecular weight excluding hydrogens is 278 g/mol. The maximum Gasteiger partial charge on any atom is 0.260 e. The molecule has 0 radical (unpaired) electrons. The van der Waals surface area contributed by atoms with Gasteiger partial charge in [-0.2, -0.15) is 0 Å². The van der Waals surface area contributed by atoms with Crippen molar-refractivity contribution in [2.75, 3.05) is 20.2 Å². The Balaban J connectivity index is 2.57. The van der Waals surface area contributed by atoms with Crippen molar-refractivity contribution < 1.29 is 14.3 Å². The minimum absolute atomic E-state index is 0.182. The Labute approximate surface area is 122 Å². The molecule has 108 valence electrons. The van der Waals surface area contributed by atoms with Gasteiger partial charge < -0.3 is 21.1 Å². The van der Waals surface area contributed by atoms with E-state index in [4.69, 9.17) is 28.4 Å². The van der Waals surface area contributed by atoms with Crippen molar-refractivity contribution in [3.8, 4) is 5.75 Å². The highest BCUT2D eigenvalue weighted by Crippen LogP contribution is 2.17. The second-order valence-corrected chi connectivity index (χ2v) is 4.71. The van der Waals surface area contributed by atoms with E-state index in [0.717, 1.165) is 0 Å². The van der Waals surface area contributed by atoms with Crippen LogP contribution in [0, 0.1) is 0 Å². The van der Waals surface area contributed by atoms with Crippen molar-refractivity contribution in [1.29, 1.82) is 0 Å². The zero-order chi connectivity index (χ0) is 15.1. The standard InChI is InChI=1S/C13H17N3O3S/c1-16(7-6-11(14)20)12(17)8-19-10-5-3-2-4-9(10)13(15)18/h2-5H,6-8H2,1H3,(H2,14,20)(H2,15,18). The monoisotopic (exact) mass is 295 g/mol. The quantitative estimate of drug-likeness (QED) is 0.705. The van der Waals surface area contributed by atoms with E-state index < -0.39 is 5.91 Å². The van der Waals surface area contributed by atoms with Crippen LogP contribution in [-0.4, -0.2) is 41.9 Å². The van der Waals surface area contributed by atoms with Crippen LogP contribution in [0.1, 0.15) is 16.8 Å². The number of carbonyl (C=O) groups is 2. The largest absolute Gasteiger partial charge is 0.483 e. The van der Waals surface area contributed by atoms with Gasteiger partial charge in [0.25, 0.3) is 11.8 Å². The Kier molecular flexibility index (Phi) is 5.92. The van der Waals surface area contributed by atoms with Crippen molar-refractivity contribution in [2.24, 2.45) is 11.5 Å². The predicted molar refractivity (Wildman–Crippen MR) is 79.5 cm³/mol. The van der Waals surface area contributed by atoms with Gasteiger partial charge in [0.15, 0.2) is 6.61 Å². The van der Waals surface area contributed by atoms with Gasteiger partial charge in [-0.15, -0.1) is 0 Å². The first kappa shape index (κ1) is 15.9. The van der Waals surface area contributed by atoms with Gasteiger partial charge >= 0.3 is 0 Å². The number of hydrogen-bond donors (Lipinski definition) is 2. The molecule has 0 aromatic heterocycles. The molecular formula is C13H17N3O3S. The fourth-order valence-corrected chi connectivity index (χ4v) is 1.54. The molecule has 0 saturated heterocycles. The highest BCUT2D eigenvalue weighted by Gasteiger charge is 2.13. The molecule has 0 aliphatic heterocycles. The highest BCUT2D eigenvalue weighted by atomic mass is 32.1. The van der Waals surface area contributed by atoms with Gasteiger partial charge in [0.1, 0.15) is 5.75 Å². The van der Waals surface area contributed by atoms with Crippen LogP contribution in [0.3, 0.4) is 0 Å². The van der Waals surface area contributed by atoms with Crippen LogP contribution in [-0.2, 0) is 4.79 Å². The molecule has 4 N–H and O–H groups in total. The second-order valence-electron chi connectivity index (χ2n) is 4.18. The minimum atomic E-state index is -0.602. The SMILES string of the molecule is CN(CCC(N)=S)C(=O)COc1ccccc1C(N)=O. The summed E-state index contributed by atoms with van der Waals surface area (Å²) in [6.07, 6.45) is 0.454. The molecule has 0 aliphatic rings. The van der Waals surface area contributed by atoms with E-state index in [1.165, 1.54) is 4.90 Å². The van der Waals surface area contributed by atoms with Crippen LogP contribution in [0.25, 0.3) is 0 Å². The maximum atomic E-state index is 11.8. The number of amides is 2. The molecule has 1 rings (SSSR count). The molecule has 20 heavy (non-hydrogen) atoms. The van der Waals surface area contributed by atoms with Gasteiger partial charge in [-0.3, -0.25) is 9.59 Å². The number of nitrogens with two attached hydrogens (primary N) is 2. The number of carbonyl (C=O) groups excluding carboxylic acids is 2. The molecule has 7 heteroatoms. The first-order valence-electron chi connectivity index (χ1n) is 5.95. The Morgan fingerprint density at radius 3 is 2.55 bits per heavy atom. The number of benzene rings is 1. The number of rotatable bonds is 7. The molecule has 0 heterocycles. The highest BCUT2D eigenvalue weighted by molar-refractivity contribution is 7.80. The molecule has 1 aromatic carbocycles. The summed E-state index contributed by atoms with van der Waals surface area (Å²) in [6.45, 7) is 0.243. The van der Waals surface area contributed by atoms with Crippen LogP contribution >= 0.6 is 12.2 Å². The van der Waals surface area contributed by atoms with Gasteiger partial charge in [0.05, 0.1) is 10.6 Å². The molecule has 0 saturated carbocycles. The Morgan fingerprint density at radius 2 is 1.95 bits per heavy atom. The predicted octanol–water partition coefficient (Wildman–Crippen LogP) is 0.299. The average Bonchev–Trinajstić information content (AvgIpc) is 2.42. The third-order valence-electron chi connectivity index (χ3n) is 2.62. The van der Waals surface area contributed by atoms with Gasteiger partial charge in [-0.05, 0) is 12.1 Å². The van der Waals surface area contributed by atoms with Gasteiger partial charge in [0, 0.05) is 20.0 Å². The third-order valence-corrected chi connectivity index (χ3v) is 2.83. The van der Waals surface area contributed by atoms with E-state index >= 15 is 0 Å². The van der Waals surface area contributed by atoms with Crippen molar-refractivity contribution in [2.45, 2.75) is 6.42 Å². The Morgan fingerprint density at radius 1 is 1.30 bits per heavy atom. The van der Waals surface area contributed by atoms with Gasteiger partial charge in [-0.1, -0.05) is 24.4 Å². The lowest BCUT2D eigenvalue weighted by molar-refractivity contribution is -0.131. The number of nitrogens with zero attached hydrogens (tertiary/aromatic N) is 1. The van der Waals surface area contributed by atoms with Crippen LogP contribution in [0.2, 0.25) is 0 Å². The van der Waals surface area contributed by atoms with Gasteiger partial charge in [-0.25, -0.2) is 0 Å². The van der Waals surface area contributed by atoms with Crippen molar-refractivity contribution in [3.05, 3.63) is 29.8 Å². The molecule has 1 aromatic rings.